The van der Waals surface area contributed by atoms with E-state index >= 15 is 0 Å². The molecule has 1 aliphatic heterocycles. The van der Waals surface area contributed by atoms with Crippen molar-refractivity contribution in [1.82, 2.24) is 4.90 Å². The number of hydrogen-bond acceptors (Lipinski definition) is 5. The Morgan fingerprint density at radius 1 is 0.829 bits per heavy atom. The fraction of sp³-hybridized carbons (Fsp3) is 0.400. The predicted octanol–water partition coefficient (Wildman–Crippen LogP) is 7.91. The minimum Gasteiger partial charge on any atom is -0.492 e. The van der Waals surface area contributed by atoms with Crippen LogP contribution in [0.3, 0.4) is 0 Å². The lowest BCUT2D eigenvalue weighted by molar-refractivity contribution is -0.139. The molecular formula is C35H40ClNO4. The second kappa shape index (κ2) is 14.7. The maximum absolute atomic E-state index is 12.7. The number of nitrogens with zero attached hydrogens (tertiary/aromatic N) is 1. The molecule has 5 rings (SSSR count). The molecule has 0 N–H and O–H groups in total. The van der Waals surface area contributed by atoms with Gasteiger partial charge in [0.05, 0.1) is 19.1 Å². The van der Waals surface area contributed by atoms with E-state index in [0.29, 0.717) is 17.4 Å². The van der Waals surface area contributed by atoms with Gasteiger partial charge in [-0.3, -0.25) is 9.69 Å². The SMILES string of the molecule is CC/C(=C(\c1ccc(OCCN2CCOCC2)cc1)c1ccc(OC(=O)C2CCCCC2)cc1)c1ccc(Cl)cc1. The van der Waals surface area contributed by atoms with E-state index in [2.05, 4.69) is 48.2 Å². The summed E-state index contributed by atoms with van der Waals surface area (Å²) in [5.74, 6) is 1.37. The van der Waals surface area contributed by atoms with Crippen molar-refractivity contribution in [3.63, 3.8) is 0 Å². The molecule has 3 aromatic rings. The Balaban J connectivity index is 1.37. The van der Waals surface area contributed by atoms with Crippen molar-refractivity contribution in [1.29, 1.82) is 0 Å². The highest BCUT2D eigenvalue weighted by atomic mass is 35.5. The normalized spacial score (nSPS) is 17.1. The highest BCUT2D eigenvalue weighted by Crippen LogP contribution is 2.36. The number of allylic oxidation sites excluding steroid dienone is 1. The Kier molecular flexibility index (Phi) is 10.5. The van der Waals surface area contributed by atoms with Crippen LogP contribution < -0.4 is 9.47 Å². The Hall–Kier alpha value is -3.12. The van der Waals surface area contributed by atoms with Crippen molar-refractivity contribution in [2.45, 2.75) is 45.4 Å². The third-order valence-electron chi connectivity index (χ3n) is 8.07. The van der Waals surface area contributed by atoms with Gasteiger partial charge in [0.15, 0.2) is 0 Å². The molecule has 3 aromatic carbocycles. The number of rotatable bonds is 10. The van der Waals surface area contributed by atoms with Gasteiger partial charge in [-0.05, 0) is 83.5 Å². The zero-order valence-corrected chi connectivity index (χ0v) is 24.7. The van der Waals surface area contributed by atoms with Crippen LogP contribution in [0.25, 0.3) is 11.1 Å². The summed E-state index contributed by atoms with van der Waals surface area (Å²) < 4.78 is 17.3. The standard InChI is InChI=1S/C35H40ClNO4/c1-2-33(26-8-14-30(36)15-9-26)34(27-10-16-31(17-11-27)40-25-22-37-20-23-39-24-21-37)28-12-18-32(19-13-28)41-35(38)29-6-4-3-5-7-29/h8-19,29H,2-7,20-25H2,1H3/b34-33-. The highest BCUT2D eigenvalue weighted by Gasteiger charge is 2.23. The van der Waals surface area contributed by atoms with Gasteiger partial charge in [0.1, 0.15) is 18.1 Å². The summed E-state index contributed by atoms with van der Waals surface area (Å²) in [7, 11) is 0. The second-order valence-electron chi connectivity index (χ2n) is 10.8. The Morgan fingerprint density at radius 3 is 2.02 bits per heavy atom. The molecule has 1 saturated heterocycles. The third kappa shape index (κ3) is 8.00. The monoisotopic (exact) mass is 573 g/mol. The first-order chi connectivity index (χ1) is 20.1. The molecule has 2 fully saturated rings. The van der Waals surface area contributed by atoms with Crippen LogP contribution in [0, 0.1) is 5.92 Å². The maximum Gasteiger partial charge on any atom is 0.314 e. The first kappa shape index (κ1) is 29.4. The molecule has 216 valence electrons. The lowest BCUT2D eigenvalue weighted by Crippen LogP contribution is -2.38. The van der Waals surface area contributed by atoms with E-state index in [1.54, 1.807) is 0 Å². The van der Waals surface area contributed by atoms with Crippen molar-refractivity contribution in [2.24, 2.45) is 5.92 Å². The van der Waals surface area contributed by atoms with Crippen LogP contribution in [0.2, 0.25) is 5.02 Å². The summed E-state index contributed by atoms with van der Waals surface area (Å²) in [6, 6.07) is 24.3. The molecule has 0 atom stereocenters. The number of esters is 1. The fourth-order valence-electron chi connectivity index (χ4n) is 5.75. The second-order valence-corrected chi connectivity index (χ2v) is 11.3. The summed E-state index contributed by atoms with van der Waals surface area (Å²) in [5, 5.41) is 0.716. The fourth-order valence-corrected chi connectivity index (χ4v) is 5.88. The largest absolute Gasteiger partial charge is 0.492 e. The number of carbonyl (C=O) groups excluding carboxylic acids is 1. The van der Waals surface area contributed by atoms with Crippen LogP contribution in [-0.4, -0.2) is 50.3 Å². The van der Waals surface area contributed by atoms with Gasteiger partial charge < -0.3 is 14.2 Å². The molecular weight excluding hydrogens is 534 g/mol. The third-order valence-corrected chi connectivity index (χ3v) is 8.32. The minimum atomic E-state index is -0.104. The van der Waals surface area contributed by atoms with E-state index < -0.39 is 0 Å². The van der Waals surface area contributed by atoms with Gasteiger partial charge in [0, 0.05) is 24.7 Å². The number of benzene rings is 3. The van der Waals surface area contributed by atoms with Crippen LogP contribution in [0.15, 0.2) is 72.8 Å². The summed E-state index contributed by atoms with van der Waals surface area (Å²) in [6.45, 7) is 7.22. The van der Waals surface area contributed by atoms with Crippen LogP contribution in [-0.2, 0) is 9.53 Å². The smallest absolute Gasteiger partial charge is 0.314 e. The average Bonchev–Trinajstić information content (AvgIpc) is 3.02. The minimum absolute atomic E-state index is 0.0186. The summed E-state index contributed by atoms with van der Waals surface area (Å²) in [4.78, 5) is 15.1. The Morgan fingerprint density at radius 2 is 1.41 bits per heavy atom. The molecule has 0 bridgehead atoms. The summed E-state index contributed by atoms with van der Waals surface area (Å²) >= 11 is 6.22. The molecule has 6 heteroatoms. The van der Waals surface area contributed by atoms with Crippen molar-refractivity contribution in [3.05, 3.63) is 94.5 Å². The number of carbonyl (C=O) groups is 1. The summed E-state index contributed by atoms with van der Waals surface area (Å²) in [5.41, 5.74) is 5.65. The average molecular weight is 574 g/mol. The number of ether oxygens (including phenoxy) is 3. The van der Waals surface area contributed by atoms with Crippen molar-refractivity contribution in [3.8, 4) is 11.5 Å². The van der Waals surface area contributed by atoms with Gasteiger partial charge in [-0.15, -0.1) is 0 Å². The lowest BCUT2D eigenvalue weighted by Gasteiger charge is -2.26. The van der Waals surface area contributed by atoms with Crippen molar-refractivity contribution in [2.75, 3.05) is 39.5 Å². The van der Waals surface area contributed by atoms with Gasteiger partial charge in [0.2, 0.25) is 0 Å². The lowest BCUT2D eigenvalue weighted by atomic mass is 9.88. The van der Waals surface area contributed by atoms with E-state index in [4.69, 9.17) is 25.8 Å². The molecule has 2 aliphatic rings. The molecule has 1 saturated carbocycles. The van der Waals surface area contributed by atoms with Crippen LogP contribution in [0.5, 0.6) is 11.5 Å². The molecule has 0 spiro atoms. The zero-order valence-electron chi connectivity index (χ0n) is 23.9. The van der Waals surface area contributed by atoms with Gasteiger partial charge in [0.25, 0.3) is 0 Å². The van der Waals surface area contributed by atoms with Crippen molar-refractivity contribution >= 4 is 28.7 Å². The number of halogens is 1. The van der Waals surface area contributed by atoms with E-state index in [9.17, 15) is 4.79 Å². The summed E-state index contributed by atoms with van der Waals surface area (Å²) in [6.07, 6.45) is 6.12. The van der Waals surface area contributed by atoms with Crippen LogP contribution >= 0.6 is 11.6 Å². The predicted molar refractivity (Wildman–Crippen MR) is 166 cm³/mol. The van der Waals surface area contributed by atoms with E-state index in [0.717, 1.165) is 93.0 Å². The van der Waals surface area contributed by atoms with Gasteiger partial charge >= 0.3 is 5.97 Å². The van der Waals surface area contributed by atoms with E-state index in [1.165, 1.54) is 12.0 Å². The Labute approximate surface area is 249 Å². The van der Waals surface area contributed by atoms with Crippen LogP contribution in [0.4, 0.5) is 0 Å². The first-order valence-corrected chi connectivity index (χ1v) is 15.3. The zero-order chi connectivity index (χ0) is 28.4. The van der Waals surface area contributed by atoms with E-state index in [-0.39, 0.29) is 11.9 Å². The molecule has 0 unspecified atom stereocenters. The molecule has 0 aromatic heterocycles. The topological polar surface area (TPSA) is 48.0 Å². The Bertz CT molecular complexity index is 1290. The molecule has 1 aliphatic carbocycles. The van der Waals surface area contributed by atoms with Crippen LogP contribution in [0.1, 0.15) is 62.1 Å². The molecule has 0 amide bonds. The van der Waals surface area contributed by atoms with Gasteiger partial charge in [-0.2, -0.15) is 0 Å². The maximum atomic E-state index is 12.7. The number of morpholine rings is 1. The number of hydrogen-bond donors (Lipinski definition) is 0. The molecule has 1 heterocycles. The highest BCUT2D eigenvalue weighted by molar-refractivity contribution is 6.30. The van der Waals surface area contributed by atoms with Gasteiger partial charge in [-0.25, -0.2) is 0 Å². The molecule has 41 heavy (non-hydrogen) atoms. The van der Waals surface area contributed by atoms with Gasteiger partial charge in [-0.1, -0.05) is 74.2 Å². The molecule has 5 nitrogen and oxygen atoms in total. The first-order valence-electron chi connectivity index (χ1n) is 15.0. The van der Waals surface area contributed by atoms with Crippen molar-refractivity contribution < 1.29 is 19.0 Å². The quantitative estimate of drug-likeness (QED) is 0.140. The van der Waals surface area contributed by atoms with E-state index in [1.807, 2.05) is 36.4 Å². The molecule has 0 radical (unpaired) electrons.